The summed E-state index contributed by atoms with van der Waals surface area (Å²) in [4.78, 5) is 28.0. The highest BCUT2D eigenvalue weighted by Gasteiger charge is 2.48. The number of nitrogens with one attached hydrogen (secondary N) is 1. The normalized spacial score (nSPS) is 20.2. The second-order valence-corrected chi connectivity index (χ2v) is 9.49. The standard InChI is InChI=1S/C26H29F2N3O6/c1-14(2)37-21-8-19-18(7-20(21)22(29)32)16(6-5-15-9-25(10-15,34-3)35-4)12-30-23(19)36-13-17-11-26(27,28)24(33)31-17/h7-8,12,14-15,17H,9-11,13H2,1-4H3,(H2,29,32)(H,31,33)/t17-/m0/s1. The van der Waals surface area contributed by atoms with Crippen LogP contribution in [0.25, 0.3) is 10.8 Å². The van der Waals surface area contributed by atoms with Crippen LogP contribution in [0, 0.1) is 17.8 Å². The van der Waals surface area contributed by atoms with Gasteiger partial charge in [0.25, 0.3) is 11.8 Å². The number of aromatic nitrogens is 1. The summed E-state index contributed by atoms with van der Waals surface area (Å²) >= 11 is 0. The van der Waals surface area contributed by atoms with E-state index in [2.05, 4.69) is 22.1 Å². The number of nitrogens with zero attached hydrogens (tertiary/aromatic N) is 1. The Balaban J connectivity index is 1.69. The van der Waals surface area contributed by atoms with Gasteiger partial charge in [-0.3, -0.25) is 9.59 Å². The zero-order valence-corrected chi connectivity index (χ0v) is 21.0. The number of ether oxygens (including phenoxy) is 4. The van der Waals surface area contributed by atoms with Gasteiger partial charge in [-0.15, -0.1) is 0 Å². The van der Waals surface area contributed by atoms with Crippen LogP contribution in [0.2, 0.25) is 0 Å². The van der Waals surface area contributed by atoms with Crippen molar-refractivity contribution in [1.82, 2.24) is 10.3 Å². The van der Waals surface area contributed by atoms with E-state index in [0.717, 1.165) is 0 Å². The summed E-state index contributed by atoms with van der Waals surface area (Å²) in [5.74, 6) is 0.608. The molecular formula is C26H29F2N3O6. The van der Waals surface area contributed by atoms with E-state index in [4.69, 9.17) is 24.7 Å². The first kappa shape index (κ1) is 26.6. The number of fused-ring (bicyclic) bond motifs is 1. The summed E-state index contributed by atoms with van der Waals surface area (Å²) < 4.78 is 49.6. The van der Waals surface area contributed by atoms with E-state index in [9.17, 15) is 18.4 Å². The van der Waals surface area contributed by atoms with Crippen molar-refractivity contribution < 1.29 is 37.3 Å². The molecule has 1 saturated carbocycles. The number of hydrogen-bond donors (Lipinski definition) is 2. The van der Waals surface area contributed by atoms with Crippen LogP contribution in [0.1, 0.15) is 49.0 Å². The molecule has 0 spiro atoms. The largest absolute Gasteiger partial charge is 0.490 e. The zero-order chi connectivity index (χ0) is 27.0. The second-order valence-electron chi connectivity index (χ2n) is 9.49. The van der Waals surface area contributed by atoms with Crippen LogP contribution >= 0.6 is 0 Å². The predicted molar refractivity (Wildman–Crippen MR) is 129 cm³/mol. The number of hydrogen-bond acceptors (Lipinski definition) is 7. The Morgan fingerprint density at radius 3 is 2.49 bits per heavy atom. The third kappa shape index (κ3) is 5.45. The molecule has 198 valence electrons. The quantitative estimate of drug-likeness (QED) is 0.408. The van der Waals surface area contributed by atoms with E-state index in [1.54, 1.807) is 40.2 Å². The topological polar surface area (TPSA) is 122 Å². The Morgan fingerprint density at radius 2 is 1.92 bits per heavy atom. The fourth-order valence-corrected chi connectivity index (χ4v) is 4.41. The van der Waals surface area contributed by atoms with Gasteiger partial charge in [0, 0.05) is 56.4 Å². The molecule has 2 amide bonds. The molecule has 1 aromatic carbocycles. The van der Waals surface area contributed by atoms with Crippen LogP contribution < -0.4 is 20.5 Å². The van der Waals surface area contributed by atoms with Gasteiger partial charge in [-0.2, -0.15) is 8.78 Å². The van der Waals surface area contributed by atoms with Crippen LogP contribution in [0.4, 0.5) is 8.78 Å². The number of methoxy groups -OCH3 is 2. The molecule has 37 heavy (non-hydrogen) atoms. The number of nitrogens with two attached hydrogens (primary N) is 1. The first-order valence-electron chi connectivity index (χ1n) is 11.8. The molecule has 0 radical (unpaired) electrons. The number of alkyl halides is 2. The number of primary amides is 1. The number of carbonyl (C=O) groups excluding carboxylic acids is 2. The average Bonchev–Trinajstić information content (AvgIpc) is 3.08. The highest BCUT2D eigenvalue weighted by atomic mass is 19.3. The maximum atomic E-state index is 13.6. The summed E-state index contributed by atoms with van der Waals surface area (Å²) in [7, 11) is 3.17. The van der Waals surface area contributed by atoms with Gasteiger partial charge in [-0.25, -0.2) is 4.98 Å². The van der Waals surface area contributed by atoms with Gasteiger partial charge >= 0.3 is 5.92 Å². The first-order valence-corrected chi connectivity index (χ1v) is 11.8. The average molecular weight is 518 g/mol. The van der Waals surface area contributed by atoms with E-state index in [1.165, 1.54) is 6.20 Å². The highest BCUT2D eigenvalue weighted by Crippen LogP contribution is 2.41. The molecule has 2 fully saturated rings. The lowest BCUT2D eigenvalue weighted by atomic mass is 9.79. The maximum Gasteiger partial charge on any atom is 0.326 e. The van der Waals surface area contributed by atoms with Crippen LogP contribution in [0.5, 0.6) is 11.6 Å². The number of amides is 2. The summed E-state index contributed by atoms with van der Waals surface area (Å²) in [6.45, 7) is 3.38. The van der Waals surface area contributed by atoms with Gasteiger partial charge in [-0.1, -0.05) is 11.8 Å². The van der Waals surface area contributed by atoms with E-state index in [-0.39, 0.29) is 35.8 Å². The van der Waals surface area contributed by atoms with Crippen molar-refractivity contribution >= 4 is 22.6 Å². The molecule has 0 bridgehead atoms. The monoisotopic (exact) mass is 517 g/mol. The van der Waals surface area contributed by atoms with Gasteiger partial charge < -0.3 is 30.0 Å². The lowest BCUT2D eigenvalue weighted by molar-refractivity contribution is -0.261. The summed E-state index contributed by atoms with van der Waals surface area (Å²) in [6, 6.07) is 2.26. The van der Waals surface area contributed by atoms with Crippen LogP contribution in [-0.2, 0) is 14.3 Å². The zero-order valence-electron chi connectivity index (χ0n) is 21.0. The highest BCUT2D eigenvalue weighted by molar-refractivity contribution is 6.03. The Bertz CT molecular complexity index is 1270. The summed E-state index contributed by atoms with van der Waals surface area (Å²) in [6.07, 6.45) is 1.77. The Labute approximate surface area is 213 Å². The predicted octanol–water partition coefficient (Wildman–Crippen LogP) is 2.77. The maximum absolute atomic E-state index is 13.6. The van der Waals surface area contributed by atoms with Gasteiger partial charge in [0.15, 0.2) is 5.79 Å². The molecular weight excluding hydrogens is 488 g/mol. The second kappa shape index (κ2) is 10.1. The molecule has 9 nitrogen and oxygen atoms in total. The number of carbonyl (C=O) groups is 2. The van der Waals surface area contributed by atoms with Crippen molar-refractivity contribution in [3.8, 4) is 23.5 Å². The van der Waals surface area contributed by atoms with Crippen LogP contribution in [-0.4, -0.2) is 61.5 Å². The minimum absolute atomic E-state index is 0.0395. The van der Waals surface area contributed by atoms with E-state index < -0.39 is 36.0 Å². The van der Waals surface area contributed by atoms with Gasteiger partial charge in [0.1, 0.15) is 12.4 Å². The molecule has 1 aliphatic heterocycles. The van der Waals surface area contributed by atoms with E-state index in [0.29, 0.717) is 29.2 Å². The number of benzene rings is 1. The van der Waals surface area contributed by atoms with Crippen molar-refractivity contribution in [2.45, 2.75) is 57.0 Å². The molecule has 1 aliphatic carbocycles. The molecule has 2 aromatic rings. The molecule has 0 unspecified atom stereocenters. The minimum Gasteiger partial charge on any atom is -0.490 e. The van der Waals surface area contributed by atoms with Crippen molar-refractivity contribution in [3.63, 3.8) is 0 Å². The Hall–Kier alpha value is -3.49. The smallest absolute Gasteiger partial charge is 0.326 e. The lowest BCUT2D eigenvalue weighted by Gasteiger charge is -2.42. The number of halogens is 2. The van der Waals surface area contributed by atoms with E-state index in [1.807, 2.05) is 0 Å². The number of pyridine rings is 1. The third-order valence-electron chi connectivity index (χ3n) is 6.44. The molecule has 2 heterocycles. The van der Waals surface area contributed by atoms with E-state index >= 15 is 0 Å². The van der Waals surface area contributed by atoms with Gasteiger partial charge in [-0.05, 0) is 26.0 Å². The van der Waals surface area contributed by atoms with Gasteiger partial charge in [0.2, 0.25) is 5.88 Å². The number of rotatable bonds is 8. The van der Waals surface area contributed by atoms with Gasteiger partial charge in [0.05, 0.1) is 23.3 Å². The molecule has 3 N–H and O–H groups in total. The SMILES string of the molecule is COC1(OC)CC(C#Cc2cnc(OC[C@@H]3CC(F)(F)C(=O)N3)c3cc(OC(C)C)c(C(N)=O)cc23)C1. The fourth-order valence-electron chi connectivity index (χ4n) is 4.41. The van der Waals surface area contributed by atoms with Crippen molar-refractivity contribution in [1.29, 1.82) is 0 Å². The first-order chi connectivity index (χ1) is 17.5. The third-order valence-corrected chi connectivity index (χ3v) is 6.44. The molecule has 1 atom stereocenters. The summed E-state index contributed by atoms with van der Waals surface area (Å²) in [5.41, 5.74) is 6.30. The van der Waals surface area contributed by atoms with Crippen molar-refractivity contribution in [2.24, 2.45) is 11.7 Å². The molecule has 11 heteroatoms. The van der Waals surface area contributed by atoms with Crippen LogP contribution in [0.15, 0.2) is 18.3 Å². The lowest BCUT2D eigenvalue weighted by Crippen LogP contribution is -2.46. The molecule has 2 aliphatic rings. The Morgan fingerprint density at radius 1 is 1.22 bits per heavy atom. The van der Waals surface area contributed by atoms with Crippen molar-refractivity contribution in [3.05, 3.63) is 29.5 Å². The molecule has 1 aromatic heterocycles. The van der Waals surface area contributed by atoms with Crippen LogP contribution in [0.3, 0.4) is 0 Å². The minimum atomic E-state index is -3.44. The summed E-state index contributed by atoms with van der Waals surface area (Å²) in [5, 5.41) is 3.22. The van der Waals surface area contributed by atoms with Crippen molar-refractivity contribution in [2.75, 3.05) is 20.8 Å². The fraction of sp³-hybridized carbons (Fsp3) is 0.500. The Kier molecular flexibility index (Phi) is 7.26. The molecule has 4 rings (SSSR count). The molecule has 1 saturated heterocycles.